The standard InChI is InChI=1S/C36H40N2O12/c1-2-3-15-48-27-13-7-22(8-14-27)21-49-36(35(46)47)18-28(41)32(38-31(44)20-39)34(50-36)33(45)29(42)19-37-30(43)17-23-5-4-6-25(16-23)24-9-11-26(40)12-10-24/h1,4-14,16,28-29,32-34,39-42,45H,3,15,17-21H2,(H,37,43)(H,38,44)(H,46,47)/t28-,29+,32+,33+,34+,36+/m0/s1. The fraction of sp³-hybridized carbons (Fsp3) is 0.361. The highest BCUT2D eigenvalue weighted by molar-refractivity contribution is 5.79. The third kappa shape index (κ3) is 10.0. The van der Waals surface area contributed by atoms with Crippen molar-refractivity contribution >= 4 is 17.8 Å². The number of rotatable bonds is 16. The molecule has 0 aromatic heterocycles. The van der Waals surface area contributed by atoms with E-state index in [1.54, 1.807) is 66.7 Å². The number of amides is 2. The summed E-state index contributed by atoms with van der Waals surface area (Å²) in [6.07, 6.45) is -2.31. The van der Waals surface area contributed by atoms with Crippen molar-refractivity contribution in [3.8, 4) is 35.0 Å². The van der Waals surface area contributed by atoms with Crippen LogP contribution in [-0.2, 0) is 36.9 Å². The Morgan fingerprint density at radius 1 is 1.00 bits per heavy atom. The van der Waals surface area contributed by atoms with E-state index in [0.29, 0.717) is 29.9 Å². The highest BCUT2D eigenvalue weighted by atomic mass is 16.7. The predicted molar refractivity (Wildman–Crippen MR) is 177 cm³/mol. The maximum Gasteiger partial charge on any atom is 0.364 e. The van der Waals surface area contributed by atoms with E-state index < -0.39 is 73.6 Å². The molecular formula is C36H40N2O12. The number of aliphatic carboxylic acids is 1. The Morgan fingerprint density at radius 2 is 1.72 bits per heavy atom. The molecule has 50 heavy (non-hydrogen) atoms. The van der Waals surface area contributed by atoms with E-state index in [9.17, 15) is 45.0 Å². The lowest BCUT2D eigenvalue weighted by Crippen LogP contribution is -2.68. The third-order valence-corrected chi connectivity index (χ3v) is 8.01. The highest BCUT2D eigenvalue weighted by Gasteiger charge is 2.55. The topological polar surface area (TPSA) is 224 Å². The van der Waals surface area contributed by atoms with Gasteiger partial charge in [-0.25, -0.2) is 4.79 Å². The summed E-state index contributed by atoms with van der Waals surface area (Å²) in [6.45, 7) is -1.50. The van der Waals surface area contributed by atoms with Crippen molar-refractivity contribution in [1.29, 1.82) is 0 Å². The van der Waals surface area contributed by atoms with Gasteiger partial charge in [0.05, 0.1) is 37.9 Å². The first-order valence-corrected chi connectivity index (χ1v) is 15.7. The molecule has 0 radical (unpaired) electrons. The van der Waals surface area contributed by atoms with E-state index in [0.717, 1.165) is 11.1 Å². The minimum atomic E-state index is -2.53. The van der Waals surface area contributed by atoms with Crippen LogP contribution in [0.4, 0.5) is 0 Å². The van der Waals surface area contributed by atoms with Crippen molar-refractivity contribution in [2.24, 2.45) is 0 Å². The molecule has 2 amide bonds. The largest absolute Gasteiger partial charge is 0.508 e. The molecule has 0 bridgehead atoms. The first-order valence-electron chi connectivity index (χ1n) is 15.7. The molecule has 0 saturated carbocycles. The number of aromatic hydroxyl groups is 1. The Balaban J connectivity index is 1.43. The van der Waals surface area contributed by atoms with Gasteiger partial charge in [-0.1, -0.05) is 48.5 Å². The molecular weight excluding hydrogens is 652 g/mol. The highest BCUT2D eigenvalue weighted by Crippen LogP contribution is 2.34. The average molecular weight is 693 g/mol. The van der Waals surface area contributed by atoms with Gasteiger partial charge in [0.1, 0.15) is 30.3 Å². The zero-order valence-corrected chi connectivity index (χ0v) is 27.0. The molecule has 1 heterocycles. The van der Waals surface area contributed by atoms with Gasteiger partial charge in [0.15, 0.2) is 0 Å². The SMILES string of the molecule is C#CCCOc1ccc(CO[C@]2(C(=O)O)C[C@H](O)[C@@H](NC(=O)CO)[C@H]([C@H](O)[C@H](O)CNC(=O)Cc3cccc(-c4ccc(O)cc4)c3)O2)cc1. The summed E-state index contributed by atoms with van der Waals surface area (Å²) < 4.78 is 17.0. The van der Waals surface area contributed by atoms with Crippen LogP contribution in [0.15, 0.2) is 72.8 Å². The fourth-order valence-corrected chi connectivity index (χ4v) is 5.38. The normalized spacial score (nSPS) is 21.3. The van der Waals surface area contributed by atoms with Crippen molar-refractivity contribution in [2.75, 3.05) is 19.8 Å². The van der Waals surface area contributed by atoms with Gasteiger partial charge in [0, 0.05) is 19.4 Å². The zero-order chi connectivity index (χ0) is 36.3. The molecule has 1 fully saturated rings. The van der Waals surface area contributed by atoms with E-state index in [-0.39, 0.29) is 18.8 Å². The number of benzene rings is 3. The van der Waals surface area contributed by atoms with Crippen LogP contribution in [0.2, 0.25) is 0 Å². The van der Waals surface area contributed by atoms with E-state index in [4.69, 9.17) is 20.6 Å². The summed E-state index contributed by atoms with van der Waals surface area (Å²) in [5.74, 6) is -2.54. The van der Waals surface area contributed by atoms with Crippen molar-refractivity contribution in [3.63, 3.8) is 0 Å². The van der Waals surface area contributed by atoms with Crippen LogP contribution in [0, 0.1) is 12.3 Å². The minimum absolute atomic E-state index is 0.0868. The van der Waals surface area contributed by atoms with Gasteiger partial charge in [0.2, 0.25) is 11.8 Å². The summed E-state index contributed by atoms with van der Waals surface area (Å²) in [5.41, 5.74) is 2.78. The maximum atomic E-state index is 12.8. The van der Waals surface area contributed by atoms with Crippen LogP contribution >= 0.6 is 0 Å². The van der Waals surface area contributed by atoms with Crippen LogP contribution in [0.25, 0.3) is 11.1 Å². The number of carboxylic acid groups (broad SMARTS) is 1. The van der Waals surface area contributed by atoms with E-state index in [2.05, 4.69) is 16.6 Å². The van der Waals surface area contributed by atoms with Crippen molar-refractivity contribution in [3.05, 3.63) is 83.9 Å². The molecule has 4 rings (SSSR count). The van der Waals surface area contributed by atoms with Gasteiger partial charge in [-0.15, -0.1) is 12.3 Å². The lowest BCUT2D eigenvalue weighted by Gasteiger charge is -2.46. The van der Waals surface area contributed by atoms with Crippen LogP contribution in [0.3, 0.4) is 0 Å². The number of phenolic OH excluding ortho intramolecular Hbond substituents is 1. The first-order chi connectivity index (χ1) is 23.9. The van der Waals surface area contributed by atoms with Crippen LogP contribution in [-0.4, -0.2) is 104 Å². The number of aliphatic hydroxyl groups excluding tert-OH is 4. The van der Waals surface area contributed by atoms with E-state index >= 15 is 0 Å². The van der Waals surface area contributed by atoms with Crippen LogP contribution in [0.5, 0.6) is 11.5 Å². The number of phenols is 1. The van der Waals surface area contributed by atoms with Gasteiger partial charge >= 0.3 is 5.97 Å². The Morgan fingerprint density at radius 3 is 2.38 bits per heavy atom. The third-order valence-electron chi connectivity index (χ3n) is 8.01. The molecule has 266 valence electrons. The van der Waals surface area contributed by atoms with Crippen molar-refractivity contribution in [2.45, 2.75) is 62.1 Å². The van der Waals surface area contributed by atoms with Gasteiger partial charge < -0.3 is 55.5 Å². The lowest BCUT2D eigenvalue weighted by atomic mass is 9.88. The Hall–Kier alpha value is -5.01. The number of nitrogens with one attached hydrogen (secondary N) is 2. The molecule has 1 saturated heterocycles. The molecule has 3 aromatic rings. The summed E-state index contributed by atoms with van der Waals surface area (Å²) in [5, 5.41) is 66.9. The number of carboxylic acids is 1. The van der Waals surface area contributed by atoms with Gasteiger partial charge in [-0.2, -0.15) is 0 Å². The van der Waals surface area contributed by atoms with Gasteiger partial charge in [-0.05, 0) is 46.5 Å². The summed E-state index contributed by atoms with van der Waals surface area (Å²) in [6, 6.07) is 18.7. The molecule has 1 aliphatic heterocycles. The lowest BCUT2D eigenvalue weighted by molar-refractivity contribution is -0.314. The second-order valence-electron chi connectivity index (χ2n) is 11.7. The minimum Gasteiger partial charge on any atom is -0.508 e. The van der Waals surface area contributed by atoms with Gasteiger partial charge in [-0.3, -0.25) is 9.59 Å². The van der Waals surface area contributed by atoms with Crippen LogP contribution < -0.4 is 15.4 Å². The number of hydrogen-bond donors (Lipinski definition) is 8. The number of hydrogen-bond acceptors (Lipinski definition) is 11. The number of ether oxygens (including phenoxy) is 3. The summed E-state index contributed by atoms with van der Waals surface area (Å²) in [7, 11) is 0. The Kier molecular flexibility index (Phi) is 13.3. The molecule has 6 atom stereocenters. The maximum absolute atomic E-state index is 12.8. The monoisotopic (exact) mass is 692 g/mol. The average Bonchev–Trinajstić information content (AvgIpc) is 3.11. The number of terminal acetylenes is 1. The second kappa shape index (κ2) is 17.6. The van der Waals surface area contributed by atoms with Gasteiger partial charge in [0.25, 0.3) is 5.79 Å². The zero-order valence-electron chi connectivity index (χ0n) is 27.0. The molecule has 0 spiro atoms. The van der Waals surface area contributed by atoms with E-state index in [1.165, 1.54) is 0 Å². The molecule has 0 unspecified atom stereocenters. The Labute approximate surface area is 288 Å². The van der Waals surface area contributed by atoms with Crippen molar-refractivity contribution < 1.29 is 59.2 Å². The fourth-order valence-electron chi connectivity index (χ4n) is 5.38. The Bertz CT molecular complexity index is 1640. The molecule has 3 aromatic carbocycles. The summed E-state index contributed by atoms with van der Waals surface area (Å²) in [4.78, 5) is 37.4. The predicted octanol–water partition coefficient (Wildman–Crippen LogP) is 0.466. The smallest absolute Gasteiger partial charge is 0.364 e. The number of carbonyl (C=O) groups excluding carboxylic acids is 2. The molecule has 8 N–H and O–H groups in total. The second-order valence-corrected chi connectivity index (χ2v) is 11.7. The van der Waals surface area contributed by atoms with Crippen LogP contribution in [0.1, 0.15) is 24.0 Å². The van der Waals surface area contributed by atoms with E-state index in [1.807, 2.05) is 6.07 Å². The molecule has 0 aliphatic carbocycles. The number of aliphatic hydroxyl groups is 4. The van der Waals surface area contributed by atoms with Crippen molar-refractivity contribution in [1.82, 2.24) is 10.6 Å². The molecule has 1 aliphatic rings. The molecule has 14 nitrogen and oxygen atoms in total. The first kappa shape index (κ1) is 37.8. The number of carbonyl (C=O) groups is 3. The quantitative estimate of drug-likeness (QED) is 0.0758. The molecule has 14 heteroatoms. The summed E-state index contributed by atoms with van der Waals surface area (Å²) >= 11 is 0.